The summed E-state index contributed by atoms with van der Waals surface area (Å²) < 4.78 is 23.6. The van der Waals surface area contributed by atoms with Crippen LogP contribution in [0.25, 0.3) is 0 Å². The maximum Gasteiger partial charge on any atom is 0.165 e. The van der Waals surface area contributed by atoms with E-state index in [1.54, 1.807) is 6.07 Å². The van der Waals surface area contributed by atoms with Gasteiger partial charge in [-0.25, -0.2) is 4.39 Å². The molecule has 0 fully saturated rings. The van der Waals surface area contributed by atoms with Gasteiger partial charge in [0.25, 0.3) is 0 Å². The molecule has 0 aliphatic rings. The highest BCUT2D eigenvalue weighted by atomic mass is 19.1. The van der Waals surface area contributed by atoms with Crippen molar-refractivity contribution in [3.8, 4) is 5.75 Å². The normalized spacial score (nSPS) is 10.4. The number of hydrogen-bond donors (Lipinski definition) is 1. The Labute approximate surface area is 108 Å². The van der Waals surface area contributed by atoms with Crippen LogP contribution in [0.2, 0.25) is 0 Å². The second kappa shape index (κ2) is 7.84. The van der Waals surface area contributed by atoms with Crippen molar-refractivity contribution >= 4 is 0 Å². The number of ether oxygens (including phenoxy) is 2. The minimum atomic E-state index is -0.338. The molecule has 0 spiro atoms. The molecule has 1 aromatic carbocycles. The van der Waals surface area contributed by atoms with E-state index >= 15 is 0 Å². The number of halogens is 1. The Morgan fingerprint density at radius 1 is 1.44 bits per heavy atom. The van der Waals surface area contributed by atoms with Crippen LogP contribution in [-0.4, -0.2) is 26.9 Å². The fourth-order valence-electron chi connectivity index (χ4n) is 1.44. The first-order valence-electron chi connectivity index (χ1n) is 5.88. The summed E-state index contributed by atoms with van der Waals surface area (Å²) in [6, 6.07) is 4.94. The van der Waals surface area contributed by atoms with Crippen molar-refractivity contribution in [3.05, 3.63) is 41.7 Å². The number of methoxy groups -OCH3 is 1. The number of hydrogen-bond acceptors (Lipinski definition) is 3. The third-order valence-corrected chi connectivity index (χ3v) is 2.32. The zero-order valence-electron chi connectivity index (χ0n) is 11.0. The van der Waals surface area contributed by atoms with Gasteiger partial charge in [0.15, 0.2) is 11.6 Å². The van der Waals surface area contributed by atoms with Crippen LogP contribution >= 0.6 is 0 Å². The van der Waals surface area contributed by atoms with E-state index in [9.17, 15) is 4.39 Å². The molecule has 18 heavy (non-hydrogen) atoms. The summed E-state index contributed by atoms with van der Waals surface area (Å²) in [6.45, 7) is 8.20. The van der Waals surface area contributed by atoms with Gasteiger partial charge in [-0.2, -0.15) is 0 Å². The van der Waals surface area contributed by atoms with E-state index in [0.29, 0.717) is 19.8 Å². The number of rotatable bonds is 8. The molecular formula is C14H20FNO2. The Hall–Kier alpha value is -1.39. The van der Waals surface area contributed by atoms with Crippen LogP contribution in [0.15, 0.2) is 30.4 Å². The maximum atomic E-state index is 13.4. The van der Waals surface area contributed by atoms with E-state index in [4.69, 9.17) is 9.47 Å². The lowest BCUT2D eigenvalue weighted by atomic mass is 10.2. The van der Waals surface area contributed by atoms with E-state index in [-0.39, 0.29) is 11.6 Å². The molecule has 3 nitrogen and oxygen atoms in total. The van der Waals surface area contributed by atoms with Crippen molar-refractivity contribution in [1.29, 1.82) is 0 Å². The summed E-state index contributed by atoms with van der Waals surface area (Å²) in [5, 5.41) is 3.18. The molecule has 0 radical (unpaired) electrons. The lowest BCUT2D eigenvalue weighted by molar-refractivity contribution is 0.157. The first kappa shape index (κ1) is 14.7. The Balaban J connectivity index is 2.23. The minimum absolute atomic E-state index is 0.267. The molecular weight excluding hydrogens is 233 g/mol. The second-order valence-electron chi connectivity index (χ2n) is 4.16. The summed E-state index contributed by atoms with van der Waals surface area (Å²) in [6.07, 6.45) is 0. The molecule has 0 atom stereocenters. The van der Waals surface area contributed by atoms with Crippen LogP contribution in [0, 0.1) is 5.82 Å². The van der Waals surface area contributed by atoms with Crippen molar-refractivity contribution in [2.45, 2.75) is 13.5 Å². The Morgan fingerprint density at radius 2 is 2.22 bits per heavy atom. The maximum absolute atomic E-state index is 13.4. The molecule has 1 aromatic rings. The van der Waals surface area contributed by atoms with E-state index in [1.165, 1.54) is 13.2 Å². The summed E-state index contributed by atoms with van der Waals surface area (Å²) in [4.78, 5) is 0. The molecule has 4 heteroatoms. The SMILES string of the molecule is C=C(C)COCCNCc1ccc(OC)c(F)c1. The van der Waals surface area contributed by atoms with Crippen molar-refractivity contribution in [2.24, 2.45) is 0 Å². The zero-order chi connectivity index (χ0) is 13.4. The fourth-order valence-corrected chi connectivity index (χ4v) is 1.44. The molecule has 0 amide bonds. The highest BCUT2D eigenvalue weighted by Gasteiger charge is 2.02. The van der Waals surface area contributed by atoms with Crippen LogP contribution in [0.5, 0.6) is 5.75 Å². The molecule has 0 heterocycles. The average Bonchev–Trinajstić information content (AvgIpc) is 2.33. The van der Waals surface area contributed by atoms with Gasteiger partial charge in [0.1, 0.15) is 0 Å². The second-order valence-corrected chi connectivity index (χ2v) is 4.16. The van der Waals surface area contributed by atoms with Crippen LogP contribution < -0.4 is 10.1 Å². The van der Waals surface area contributed by atoms with Crippen LogP contribution in [0.4, 0.5) is 4.39 Å². The van der Waals surface area contributed by atoms with Gasteiger partial charge in [-0.3, -0.25) is 0 Å². The van der Waals surface area contributed by atoms with E-state index in [1.807, 2.05) is 13.0 Å². The van der Waals surface area contributed by atoms with Gasteiger partial charge in [0, 0.05) is 13.1 Å². The number of benzene rings is 1. The van der Waals surface area contributed by atoms with Gasteiger partial charge in [-0.05, 0) is 24.6 Å². The molecule has 0 aliphatic heterocycles. The lowest BCUT2D eigenvalue weighted by Crippen LogP contribution is -2.19. The molecule has 100 valence electrons. The van der Waals surface area contributed by atoms with Gasteiger partial charge >= 0.3 is 0 Å². The largest absolute Gasteiger partial charge is 0.494 e. The number of nitrogens with one attached hydrogen (secondary N) is 1. The molecule has 1 rings (SSSR count). The molecule has 0 saturated carbocycles. The smallest absolute Gasteiger partial charge is 0.165 e. The van der Waals surface area contributed by atoms with Crippen molar-refractivity contribution in [3.63, 3.8) is 0 Å². The predicted octanol–water partition coefficient (Wildman–Crippen LogP) is 2.52. The third-order valence-electron chi connectivity index (χ3n) is 2.32. The van der Waals surface area contributed by atoms with Crippen molar-refractivity contribution in [1.82, 2.24) is 5.32 Å². The van der Waals surface area contributed by atoms with Crippen molar-refractivity contribution in [2.75, 3.05) is 26.9 Å². The first-order chi connectivity index (χ1) is 8.63. The molecule has 0 saturated heterocycles. The summed E-state index contributed by atoms with van der Waals surface area (Å²) in [5.41, 5.74) is 1.89. The van der Waals surface area contributed by atoms with Gasteiger partial charge in [0.2, 0.25) is 0 Å². The fraction of sp³-hybridized carbons (Fsp3) is 0.429. The molecule has 0 bridgehead atoms. The lowest BCUT2D eigenvalue weighted by Gasteiger charge is -2.07. The van der Waals surface area contributed by atoms with Gasteiger partial charge < -0.3 is 14.8 Å². The monoisotopic (exact) mass is 253 g/mol. The summed E-state index contributed by atoms with van der Waals surface area (Å²) in [7, 11) is 1.45. The van der Waals surface area contributed by atoms with Crippen LogP contribution in [0.3, 0.4) is 0 Å². The highest BCUT2D eigenvalue weighted by molar-refractivity contribution is 5.29. The quantitative estimate of drug-likeness (QED) is 0.570. The van der Waals surface area contributed by atoms with Gasteiger partial charge in [-0.15, -0.1) is 0 Å². The predicted molar refractivity (Wildman–Crippen MR) is 70.3 cm³/mol. The molecule has 1 N–H and O–H groups in total. The summed E-state index contributed by atoms with van der Waals surface area (Å²) >= 11 is 0. The Morgan fingerprint density at radius 3 is 2.83 bits per heavy atom. The Kier molecular flexibility index (Phi) is 6.39. The minimum Gasteiger partial charge on any atom is -0.494 e. The molecule has 0 aromatic heterocycles. The standard InChI is InChI=1S/C14H20FNO2/c1-11(2)10-18-7-6-16-9-12-4-5-14(17-3)13(15)8-12/h4-5,8,16H,1,6-7,9-10H2,2-3H3. The Bertz CT molecular complexity index is 393. The third kappa shape index (κ3) is 5.29. The highest BCUT2D eigenvalue weighted by Crippen LogP contribution is 2.17. The van der Waals surface area contributed by atoms with Gasteiger partial charge in [-0.1, -0.05) is 18.2 Å². The topological polar surface area (TPSA) is 30.5 Å². The van der Waals surface area contributed by atoms with E-state index < -0.39 is 0 Å². The first-order valence-corrected chi connectivity index (χ1v) is 5.88. The van der Waals surface area contributed by atoms with Crippen LogP contribution in [-0.2, 0) is 11.3 Å². The van der Waals surface area contributed by atoms with E-state index in [2.05, 4.69) is 11.9 Å². The average molecular weight is 253 g/mol. The van der Waals surface area contributed by atoms with Crippen LogP contribution in [0.1, 0.15) is 12.5 Å². The molecule has 0 aliphatic carbocycles. The molecule has 0 unspecified atom stereocenters. The van der Waals surface area contributed by atoms with E-state index in [0.717, 1.165) is 17.7 Å². The van der Waals surface area contributed by atoms with Crippen molar-refractivity contribution < 1.29 is 13.9 Å². The summed E-state index contributed by atoms with van der Waals surface area (Å²) in [5.74, 6) is -0.0705. The zero-order valence-corrected chi connectivity index (χ0v) is 11.0. The van der Waals surface area contributed by atoms with Gasteiger partial charge in [0.05, 0.1) is 20.3 Å².